The molecule has 0 aromatic rings. The van der Waals surface area contributed by atoms with Gasteiger partial charge >= 0.3 is 12.1 Å². The highest BCUT2D eigenvalue weighted by molar-refractivity contribution is 5.71. The van der Waals surface area contributed by atoms with Crippen LogP contribution in [0.5, 0.6) is 0 Å². The zero-order valence-electron chi connectivity index (χ0n) is 11.7. The summed E-state index contributed by atoms with van der Waals surface area (Å²) in [5.74, 6) is -0.695. The number of amides is 1. The molecule has 0 aliphatic heterocycles. The Bertz CT molecular complexity index is 343. The van der Waals surface area contributed by atoms with Crippen molar-refractivity contribution in [3.63, 3.8) is 0 Å². The lowest BCUT2D eigenvalue weighted by molar-refractivity contribution is -0.137. The molecule has 1 aliphatic carbocycles. The minimum atomic E-state index is -0.904. The van der Waals surface area contributed by atoms with Gasteiger partial charge in [-0.2, -0.15) is 0 Å². The Kier molecular flexibility index (Phi) is 3.93. The van der Waals surface area contributed by atoms with Gasteiger partial charge in [0.2, 0.25) is 0 Å². The SMILES string of the molecule is CC(C)(C)OC(=O)NC(CC(=O)O)C1CC1(C)C. The average Bonchev–Trinajstić information content (AvgIpc) is 2.69. The number of hydrogen-bond donors (Lipinski definition) is 2. The van der Waals surface area contributed by atoms with E-state index in [1.54, 1.807) is 20.8 Å². The summed E-state index contributed by atoms with van der Waals surface area (Å²) in [6.07, 6.45) is 0.324. The number of ether oxygens (including phenoxy) is 1. The number of nitrogens with one attached hydrogen (secondary N) is 1. The summed E-state index contributed by atoms with van der Waals surface area (Å²) < 4.78 is 5.15. The molecule has 0 spiro atoms. The van der Waals surface area contributed by atoms with Gasteiger partial charge in [0.05, 0.1) is 6.42 Å². The van der Waals surface area contributed by atoms with Crippen LogP contribution in [0.1, 0.15) is 47.5 Å². The van der Waals surface area contributed by atoms with Crippen LogP contribution in [-0.2, 0) is 9.53 Å². The van der Waals surface area contributed by atoms with Crippen LogP contribution in [0, 0.1) is 11.3 Å². The third-order valence-corrected chi connectivity index (χ3v) is 3.17. The van der Waals surface area contributed by atoms with Crippen LogP contribution in [0.25, 0.3) is 0 Å². The van der Waals surface area contributed by atoms with Gasteiger partial charge in [0.15, 0.2) is 0 Å². The number of carboxylic acids is 1. The van der Waals surface area contributed by atoms with Gasteiger partial charge in [0.1, 0.15) is 5.60 Å². The van der Waals surface area contributed by atoms with E-state index in [9.17, 15) is 9.59 Å². The molecular formula is C13H23NO4. The van der Waals surface area contributed by atoms with E-state index in [0.717, 1.165) is 6.42 Å². The third kappa shape index (κ3) is 4.55. The summed E-state index contributed by atoms with van der Waals surface area (Å²) in [7, 11) is 0. The summed E-state index contributed by atoms with van der Waals surface area (Å²) in [6.45, 7) is 9.48. The smallest absolute Gasteiger partial charge is 0.407 e. The van der Waals surface area contributed by atoms with E-state index in [1.807, 2.05) is 0 Å². The lowest BCUT2D eigenvalue weighted by Gasteiger charge is -2.23. The van der Waals surface area contributed by atoms with Crippen LogP contribution >= 0.6 is 0 Å². The number of carboxylic acid groups (broad SMARTS) is 1. The Morgan fingerprint density at radius 1 is 1.44 bits per heavy atom. The van der Waals surface area contributed by atoms with E-state index in [2.05, 4.69) is 19.2 Å². The minimum absolute atomic E-state index is 0.0622. The molecule has 0 aromatic heterocycles. The fourth-order valence-corrected chi connectivity index (χ4v) is 2.14. The molecule has 1 fully saturated rings. The maximum absolute atomic E-state index is 11.7. The molecule has 0 aromatic carbocycles. The van der Waals surface area contributed by atoms with Crippen LogP contribution in [0.4, 0.5) is 4.79 Å². The van der Waals surface area contributed by atoms with Gasteiger partial charge < -0.3 is 15.2 Å². The molecule has 2 atom stereocenters. The van der Waals surface area contributed by atoms with E-state index < -0.39 is 17.7 Å². The molecule has 1 rings (SSSR count). The standard InChI is InChI=1S/C13H23NO4/c1-12(2,3)18-11(17)14-9(6-10(15)16)8-7-13(8,4)5/h8-9H,6-7H2,1-5H3,(H,14,17)(H,15,16). The summed E-state index contributed by atoms with van der Waals surface area (Å²) in [5, 5.41) is 11.6. The molecular weight excluding hydrogens is 234 g/mol. The van der Waals surface area contributed by atoms with Crippen molar-refractivity contribution in [1.29, 1.82) is 0 Å². The molecule has 5 heteroatoms. The van der Waals surface area contributed by atoms with Crippen LogP contribution in [0.2, 0.25) is 0 Å². The zero-order valence-corrected chi connectivity index (χ0v) is 11.7. The maximum atomic E-state index is 11.7. The molecule has 2 N–H and O–H groups in total. The highest BCUT2D eigenvalue weighted by Gasteiger charge is 2.51. The number of aliphatic carboxylic acids is 1. The quantitative estimate of drug-likeness (QED) is 0.811. The van der Waals surface area contributed by atoms with Crippen molar-refractivity contribution in [2.75, 3.05) is 0 Å². The predicted molar refractivity (Wildman–Crippen MR) is 67.3 cm³/mol. The van der Waals surface area contributed by atoms with Crippen molar-refractivity contribution in [2.45, 2.75) is 59.1 Å². The molecule has 18 heavy (non-hydrogen) atoms. The molecule has 5 nitrogen and oxygen atoms in total. The highest BCUT2D eigenvalue weighted by atomic mass is 16.6. The van der Waals surface area contributed by atoms with Crippen LogP contribution in [-0.4, -0.2) is 28.8 Å². The largest absolute Gasteiger partial charge is 0.481 e. The van der Waals surface area contributed by atoms with Gasteiger partial charge in [0, 0.05) is 6.04 Å². The molecule has 1 aliphatic rings. The first-order valence-corrected chi connectivity index (χ1v) is 6.22. The molecule has 0 saturated heterocycles. The van der Waals surface area contributed by atoms with E-state index in [1.165, 1.54) is 0 Å². The van der Waals surface area contributed by atoms with Crippen molar-refractivity contribution in [3.8, 4) is 0 Å². The molecule has 1 amide bonds. The summed E-state index contributed by atoms with van der Waals surface area (Å²) in [4.78, 5) is 22.5. The monoisotopic (exact) mass is 257 g/mol. The number of carbonyl (C=O) groups is 2. The summed E-state index contributed by atoms with van der Waals surface area (Å²) >= 11 is 0. The van der Waals surface area contributed by atoms with Crippen molar-refractivity contribution < 1.29 is 19.4 Å². The molecule has 0 bridgehead atoms. The highest BCUT2D eigenvalue weighted by Crippen LogP contribution is 2.54. The lowest BCUT2D eigenvalue weighted by atomic mass is 10.0. The Labute approximate surface area is 108 Å². The Morgan fingerprint density at radius 2 is 1.94 bits per heavy atom. The minimum Gasteiger partial charge on any atom is -0.481 e. The molecule has 0 radical (unpaired) electrons. The Hall–Kier alpha value is -1.26. The van der Waals surface area contributed by atoms with Crippen molar-refractivity contribution >= 4 is 12.1 Å². The molecule has 0 heterocycles. The number of alkyl carbamates (subject to hydrolysis) is 1. The first-order valence-electron chi connectivity index (χ1n) is 6.22. The van der Waals surface area contributed by atoms with Crippen LogP contribution in [0.3, 0.4) is 0 Å². The van der Waals surface area contributed by atoms with Gasteiger partial charge in [-0.1, -0.05) is 13.8 Å². The Morgan fingerprint density at radius 3 is 2.28 bits per heavy atom. The summed E-state index contributed by atoms with van der Waals surface area (Å²) in [5.41, 5.74) is -0.466. The topological polar surface area (TPSA) is 75.6 Å². The van der Waals surface area contributed by atoms with Gasteiger partial charge in [-0.15, -0.1) is 0 Å². The summed E-state index contributed by atoms with van der Waals surface area (Å²) in [6, 6.07) is -0.354. The second kappa shape index (κ2) is 4.78. The number of rotatable bonds is 4. The van der Waals surface area contributed by atoms with Crippen LogP contribution < -0.4 is 5.32 Å². The van der Waals surface area contributed by atoms with E-state index >= 15 is 0 Å². The number of hydrogen-bond acceptors (Lipinski definition) is 3. The normalized spacial score (nSPS) is 23.1. The molecule has 1 saturated carbocycles. The lowest BCUT2D eigenvalue weighted by Crippen LogP contribution is -2.42. The van der Waals surface area contributed by atoms with E-state index in [-0.39, 0.29) is 23.8 Å². The van der Waals surface area contributed by atoms with E-state index in [0.29, 0.717) is 0 Å². The van der Waals surface area contributed by atoms with Gasteiger partial charge in [-0.05, 0) is 38.5 Å². The molecule has 104 valence electrons. The second-order valence-corrected chi connectivity index (χ2v) is 6.65. The zero-order chi connectivity index (χ0) is 14.1. The first kappa shape index (κ1) is 14.8. The molecule has 2 unspecified atom stereocenters. The van der Waals surface area contributed by atoms with Crippen molar-refractivity contribution in [3.05, 3.63) is 0 Å². The fourth-order valence-electron chi connectivity index (χ4n) is 2.14. The second-order valence-electron chi connectivity index (χ2n) is 6.65. The average molecular weight is 257 g/mol. The maximum Gasteiger partial charge on any atom is 0.407 e. The van der Waals surface area contributed by atoms with Gasteiger partial charge in [0.25, 0.3) is 0 Å². The number of carbonyl (C=O) groups excluding carboxylic acids is 1. The van der Waals surface area contributed by atoms with Gasteiger partial charge in [-0.25, -0.2) is 4.79 Å². The fraction of sp³-hybridized carbons (Fsp3) is 0.846. The van der Waals surface area contributed by atoms with E-state index in [4.69, 9.17) is 9.84 Å². The third-order valence-electron chi connectivity index (χ3n) is 3.17. The van der Waals surface area contributed by atoms with Crippen molar-refractivity contribution in [1.82, 2.24) is 5.32 Å². The first-order chi connectivity index (χ1) is 8.01. The Balaban J connectivity index is 2.57. The van der Waals surface area contributed by atoms with Crippen LogP contribution in [0.15, 0.2) is 0 Å². The van der Waals surface area contributed by atoms with Gasteiger partial charge in [-0.3, -0.25) is 4.79 Å². The predicted octanol–water partition coefficient (Wildman–Crippen LogP) is 2.40. The van der Waals surface area contributed by atoms with Crippen molar-refractivity contribution in [2.24, 2.45) is 11.3 Å².